The highest BCUT2D eigenvalue weighted by atomic mass is 16.6. The summed E-state index contributed by atoms with van der Waals surface area (Å²) in [4.78, 5) is 34.8. The Morgan fingerprint density at radius 1 is 1.16 bits per heavy atom. The van der Waals surface area contributed by atoms with Crippen molar-refractivity contribution >= 4 is 17.9 Å². The van der Waals surface area contributed by atoms with Gasteiger partial charge < -0.3 is 14.2 Å². The minimum atomic E-state index is -0.593. The standard InChI is InChI=1S/C19H24O6/c1-10-6-7-15-12(3)19(22)25-18(15)8-11(2)17(24-14(5)21)9-16(10)23-13(4)20/h8,15-18H,1,3,6-7,9H2,2,4-5H3/b11-8-/t15-,16+,17+,18+/m0/s1. The Morgan fingerprint density at radius 3 is 2.36 bits per heavy atom. The van der Waals surface area contributed by atoms with E-state index in [1.807, 2.05) is 0 Å². The topological polar surface area (TPSA) is 78.9 Å². The molecule has 25 heavy (non-hydrogen) atoms. The van der Waals surface area contributed by atoms with E-state index in [9.17, 15) is 14.4 Å². The third-order valence-electron chi connectivity index (χ3n) is 4.56. The summed E-state index contributed by atoms with van der Waals surface area (Å²) in [5.41, 5.74) is 1.88. The summed E-state index contributed by atoms with van der Waals surface area (Å²) in [6.45, 7) is 12.3. The molecule has 0 bridgehead atoms. The molecule has 4 atom stereocenters. The summed E-state index contributed by atoms with van der Waals surface area (Å²) < 4.78 is 16.2. The first-order valence-corrected chi connectivity index (χ1v) is 8.29. The van der Waals surface area contributed by atoms with Crippen LogP contribution in [0, 0.1) is 5.92 Å². The van der Waals surface area contributed by atoms with Gasteiger partial charge in [-0.2, -0.15) is 0 Å². The van der Waals surface area contributed by atoms with Crippen molar-refractivity contribution in [2.24, 2.45) is 5.92 Å². The Bertz CT molecular complexity index is 644. The van der Waals surface area contributed by atoms with Crippen molar-refractivity contribution in [3.8, 4) is 0 Å². The molecule has 0 N–H and O–H groups in total. The van der Waals surface area contributed by atoms with Crippen molar-refractivity contribution in [1.82, 2.24) is 0 Å². The molecule has 2 rings (SSSR count). The van der Waals surface area contributed by atoms with E-state index in [1.165, 1.54) is 13.8 Å². The van der Waals surface area contributed by atoms with Crippen LogP contribution in [-0.2, 0) is 28.6 Å². The molecule has 0 unspecified atom stereocenters. The van der Waals surface area contributed by atoms with Crippen molar-refractivity contribution in [2.75, 3.05) is 0 Å². The second-order valence-corrected chi connectivity index (χ2v) is 6.54. The maximum atomic E-state index is 11.9. The zero-order valence-electron chi connectivity index (χ0n) is 14.9. The molecule has 1 heterocycles. The molecular formula is C19H24O6. The predicted octanol–water partition coefficient (Wildman–Crippen LogP) is 2.63. The van der Waals surface area contributed by atoms with Crippen LogP contribution in [0.25, 0.3) is 0 Å². The summed E-state index contributed by atoms with van der Waals surface area (Å²) in [5.74, 6) is -1.45. The van der Waals surface area contributed by atoms with E-state index in [4.69, 9.17) is 14.2 Å². The number of hydrogen-bond acceptors (Lipinski definition) is 6. The number of esters is 3. The van der Waals surface area contributed by atoms with Gasteiger partial charge in [0.15, 0.2) is 0 Å². The normalized spacial score (nSPS) is 32.1. The number of ether oxygens (including phenoxy) is 3. The van der Waals surface area contributed by atoms with Crippen LogP contribution in [0.4, 0.5) is 0 Å². The van der Waals surface area contributed by atoms with E-state index in [-0.39, 0.29) is 12.3 Å². The number of carbonyl (C=O) groups is 3. The van der Waals surface area contributed by atoms with Crippen LogP contribution in [0.1, 0.15) is 40.0 Å². The highest BCUT2D eigenvalue weighted by Crippen LogP contribution is 2.35. The first-order valence-electron chi connectivity index (χ1n) is 8.29. The lowest BCUT2D eigenvalue weighted by atomic mass is 9.85. The Balaban J connectivity index is 2.37. The Labute approximate surface area is 147 Å². The molecule has 0 aromatic carbocycles. The molecule has 1 aliphatic carbocycles. The molecule has 0 spiro atoms. The average molecular weight is 348 g/mol. The van der Waals surface area contributed by atoms with Crippen LogP contribution < -0.4 is 0 Å². The van der Waals surface area contributed by atoms with E-state index >= 15 is 0 Å². The number of hydrogen-bond donors (Lipinski definition) is 0. The third kappa shape index (κ3) is 4.59. The lowest BCUT2D eigenvalue weighted by Crippen LogP contribution is -2.30. The number of carbonyl (C=O) groups excluding carboxylic acids is 3. The van der Waals surface area contributed by atoms with Crippen LogP contribution in [0.2, 0.25) is 0 Å². The fourth-order valence-electron chi connectivity index (χ4n) is 3.21. The van der Waals surface area contributed by atoms with Gasteiger partial charge in [0.2, 0.25) is 0 Å². The lowest BCUT2D eigenvalue weighted by Gasteiger charge is -2.28. The molecular weight excluding hydrogens is 324 g/mol. The van der Waals surface area contributed by atoms with Gasteiger partial charge >= 0.3 is 17.9 Å². The van der Waals surface area contributed by atoms with Gasteiger partial charge in [0.25, 0.3) is 0 Å². The van der Waals surface area contributed by atoms with Crippen LogP contribution in [0.15, 0.2) is 36.0 Å². The van der Waals surface area contributed by atoms with Crippen molar-refractivity contribution in [3.63, 3.8) is 0 Å². The molecule has 6 heteroatoms. The van der Waals surface area contributed by atoms with Crippen molar-refractivity contribution in [3.05, 3.63) is 36.0 Å². The second-order valence-electron chi connectivity index (χ2n) is 6.54. The molecule has 0 amide bonds. The SMILES string of the molecule is C=C1CC[C@H]2C(=C)C(=O)O[C@@H]2/C=C(/C)[C@H](OC(C)=O)C[C@H]1OC(C)=O. The van der Waals surface area contributed by atoms with Gasteiger partial charge in [-0.05, 0) is 37.0 Å². The summed E-state index contributed by atoms with van der Waals surface area (Å²) >= 11 is 0. The zero-order chi connectivity index (χ0) is 18.7. The van der Waals surface area contributed by atoms with E-state index in [0.29, 0.717) is 24.0 Å². The van der Waals surface area contributed by atoms with E-state index < -0.39 is 36.2 Å². The summed E-state index contributed by atoms with van der Waals surface area (Å²) in [6.07, 6.45) is 1.66. The largest absolute Gasteiger partial charge is 0.458 e. The minimum absolute atomic E-state index is 0.173. The van der Waals surface area contributed by atoms with Crippen LogP contribution in [-0.4, -0.2) is 36.2 Å². The molecule has 136 valence electrons. The van der Waals surface area contributed by atoms with E-state index in [0.717, 1.165) is 5.57 Å². The smallest absolute Gasteiger partial charge is 0.334 e. The Hall–Kier alpha value is -2.37. The maximum absolute atomic E-state index is 11.9. The summed E-state index contributed by atoms with van der Waals surface area (Å²) in [5, 5.41) is 0. The first-order chi connectivity index (χ1) is 11.7. The molecule has 1 fully saturated rings. The molecule has 0 aromatic rings. The van der Waals surface area contributed by atoms with Crippen molar-refractivity contribution in [1.29, 1.82) is 0 Å². The zero-order valence-corrected chi connectivity index (χ0v) is 14.9. The van der Waals surface area contributed by atoms with Crippen LogP contribution in [0.5, 0.6) is 0 Å². The van der Waals surface area contributed by atoms with Gasteiger partial charge in [0.05, 0.1) is 0 Å². The van der Waals surface area contributed by atoms with Gasteiger partial charge in [0, 0.05) is 31.8 Å². The molecule has 0 aromatic heterocycles. The molecule has 0 saturated carbocycles. The maximum Gasteiger partial charge on any atom is 0.334 e. The summed E-state index contributed by atoms with van der Waals surface area (Å²) in [6, 6.07) is 0. The molecule has 6 nitrogen and oxygen atoms in total. The predicted molar refractivity (Wildman–Crippen MR) is 90.4 cm³/mol. The quantitative estimate of drug-likeness (QED) is 0.330. The lowest BCUT2D eigenvalue weighted by molar-refractivity contribution is -0.150. The van der Waals surface area contributed by atoms with Gasteiger partial charge in [0.1, 0.15) is 18.3 Å². The molecule has 1 saturated heterocycles. The summed E-state index contributed by atoms with van der Waals surface area (Å²) in [7, 11) is 0. The Morgan fingerprint density at radius 2 is 1.76 bits per heavy atom. The fraction of sp³-hybridized carbons (Fsp3) is 0.526. The van der Waals surface area contributed by atoms with Crippen LogP contribution in [0.3, 0.4) is 0 Å². The van der Waals surface area contributed by atoms with Gasteiger partial charge in [-0.1, -0.05) is 13.2 Å². The number of fused-ring (bicyclic) bond motifs is 1. The van der Waals surface area contributed by atoms with Crippen molar-refractivity contribution in [2.45, 2.75) is 58.3 Å². The monoisotopic (exact) mass is 348 g/mol. The third-order valence-corrected chi connectivity index (χ3v) is 4.56. The highest BCUT2D eigenvalue weighted by Gasteiger charge is 2.39. The fourth-order valence-corrected chi connectivity index (χ4v) is 3.21. The average Bonchev–Trinajstić information content (AvgIpc) is 2.76. The van der Waals surface area contributed by atoms with Gasteiger partial charge in [-0.15, -0.1) is 0 Å². The molecule has 0 radical (unpaired) electrons. The second kappa shape index (κ2) is 7.68. The Kier molecular flexibility index (Phi) is 5.82. The molecule has 1 aliphatic heterocycles. The molecule has 2 aliphatic rings. The van der Waals surface area contributed by atoms with Gasteiger partial charge in [-0.3, -0.25) is 9.59 Å². The van der Waals surface area contributed by atoms with E-state index in [1.54, 1.807) is 13.0 Å². The number of rotatable bonds is 2. The first kappa shape index (κ1) is 19.0. The van der Waals surface area contributed by atoms with Crippen LogP contribution >= 0.6 is 0 Å². The van der Waals surface area contributed by atoms with E-state index in [2.05, 4.69) is 13.2 Å². The highest BCUT2D eigenvalue weighted by molar-refractivity contribution is 5.91. The van der Waals surface area contributed by atoms with Gasteiger partial charge in [-0.25, -0.2) is 4.79 Å². The van der Waals surface area contributed by atoms with Crippen molar-refractivity contribution < 1.29 is 28.6 Å². The minimum Gasteiger partial charge on any atom is -0.458 e.